The van der Waals surface area contributed by atoms with Crippen molar-refractivity contribution in [1.29, 1.82) is 0 Å². The summed E-state index contributed by atoms with van der Waals surface area (Å²) in [6, 6.07) is 17.7. The third kappa shape index (κ3) is 3.81. The first-order chi connectivity index (χ1) is 13.6. The van der Waals surface area contributed by atoms with E-state index in [-0.39, 0.29) is 5.78 Å². The fraction of sp³-hybridized carbons (Fsp3) is 0.167. The maximum atomic E-state index is 12.6. The third-order valence-electron chi connectivity index (χ3n) is 4.61. The number of pyridine rings is 1. The van der Waals surface area contributed by atoms with E-state index in [1.165, 1.54) is 11.1 Å². The number of carbonyl (C=O) groups excluding carboxylic acids is 1. The Balaban J connectivity index is 1.50. The minimum absolute atomic E-state index is 0.102. The number of rotatable bonds is 5. The highest BCUT2D eigenvalue weighted by atomic mass is 16.5. The topological polar surface area (TPSA) is 39.4 Å². The van der Waals surface area contributed by atoms with Crippen LogP contribution in [-0.4, -0.2) is 12.4 Å². The second kappa shape index (κ2) is 7.69. The summed E-state index contributed by atoms with van der Waals surface area (Å²) >= 11 is 0. The van der Waals surface area contributed by atoms with E-state index in [0.717, 1.165) is 12.1 Å². The Bertz CT molecular complexity index is 1050. The van der Waals surface area contributed by atoms with Crippen LogP contribution >= 0.6 is 0 Å². The quantitative estimate of drug-likeness (QED) is 0.494. The van der Waals surface area contributed by atoms with Crippen LogP contribution in [-0.2, 0) is 6.54 Å². The van der Waals surface area contributed by atoms with Crippen LogP contribution < -0.4 is 14.0 Å². The molecule has 0 bridgehead atoms. The van der Waals surface area contributed by atoms with Gasteiger partial charge in [0.2, 0.25) is 5.78 Å². The molecule has 0 N–H and O–H groups in total. The van der Waals surface area contributed by atoms with Gasteiger partial charge in [-0.3, -0.25) is 4.79 Å². The van der Waals surface area contributed by atoms with Crippen molar-refractivity contribution in [2.45, 2.75) is 20.4 Å². The van der Waals surface area contributed by atoms with Gasteiger partial charge in [-0.05, 0) is 43.7 Å². The van der Waals surface area contributed by atoms with Crippen molar-refractivity contribution in [3.05, 3.63) is 95.0 Å². The Hall–Kier alpha value is -3.40. The van der Waals surface area contributed by atoms with Crippen LogP contribution in [0.5, 0.6) is 11.5 Å². The number of fused-ring (bicyclic) bond motifs is 1. The van der Waals surface area contributed by atoms with Crippen LogP contribution in [0.4, 0.5) is 0 Å². The van der Waals surface area contributed by atoms with Gasteiger partial charge >= 0.3 is 0 Å². The first-order valence-corrected chi connectivity index (χ1v) is 9.38. The molecule has 0 saturated heterocycles. The van der Waals surface area contributed by atoms with Gasteiger partial charge < -0.3 is 9.47 Å². The molecule has 3 aromatic rings. The molecule has 1 aromatic heterocycles. The lowest BCUT2D eigenvalue weighted by atomic mass is 10.1. The fourth-order valence-electron chi connectivity index (χ4n) is 3.27. The lowest BCUT2D eigenvalue weighted by Gasteiger charge is -2.03. The van der Waals surface area contributed by atoms with Crippen molar-refractivity contribution in [1.82, 2.24) is 0 Å². The molecule has 4 heteroatoms. The molecule has 0 spiro atoms. The molecular formula is C24H22NO3+. The van der Waals surface area contributed by atoms with Crippen molar-refractivity contribution >= 4 is 11.9 Å². The van der Waals surface area contributed by atoms with Crippen molar-refractivity contribution in [3.8, 4) is 11.5 Å². The summed E-state index contributed by atoms with van der Waals surface area (Å²) in [7, 11) is 0. The molecule has 0 atom stereocenters. The molecule has 0 unspecified atom stereocenters. The molecule has 0 saturated carbocycles. The number of benzene rings is 2. The summed E-state index contributed by atoms with van der Waals surface area (Å²) in [6.45, 7) is 5.39. The molecule has 1 aliphatic heterocycles. The number of hydrogen-bond donors (Lipinski definition) is 0. The van der Waals surface area contributed by atoms with Crippen molar-refractivity contribution in [3.63, 3.8) is 0 Å². The third-order valence-corrected chi connectivity index (χ3v) is 4.61. The normalized spacial score (nSPS) is 14.1. The number of ketones is 1. The van der Waals surface area contributed by atoms with E-state index < -0.39 is 0 Å². The molecule has 1 aliphatic rings. The van der Waals surface area contributed by atoms with Crippen molar-refractivity contribution in [2.75, 3.05) is 6.61 Å². The van der Waals surface area contributed by atoms with Crippen LogP contribution in [0.15, 0.2) is 72.8 Å². The highest BCUT2D eigenvalue weighted by molar-refractivity contribution is 6.14. The van der Waals surface area contributed by atoms with Crippen molar-refractivity contribution in [2.24, 2.45) is 0 Å². The molecule has 140 valence electrons. The molecule has 2 aromatic carbocycles. The molecule has 4 rings (SSSR count). The first kappa shape index (κ1) is 18.0. The highest BCUT2D eigenvalue weighted by Crippen LogP contribution is 2.34. The van der Waals surface area contributed by atoms with Gasteiger partial charge in [-0.25, -0.2) is 4.57 Å². The molecule has 0 amide bonds. The van der Waals surface area contributed by atoms with Crippen LogP contribution in [0.25, 0.3) is 6.08 Å². The summed E-state index contributed by atoms with van der Waals surface area (Å²) in [5, 5.41) is 0. The fourth-order valence-corrected chi connectivity index (χ4v) is 3.27. The molecule has 4 nitrogen and oxygen atoms in total. The maximum Gasteiger partial charge on any atom is 0.231 e. The second-order valence-electron chi connectivity index (χ2n) is 6.82. The number of Topliss-reactive ketones (excluding diaryl/α,β-unsaturated/α-hetero) is 1. The van der Waals surface area contributed by atoms with E-state index in [2.05, 4.69) is 35.8 Å². The van der Waals surface area contributed by atoms with Gasteiger partial charge in [0.1, 0.15) is 11.5 Å². The minimum Gasteiger partial charge on any atom is -0.494 e. The summed E-state index contributed by atoms with van der Waals surface area (Å²) in [5.74, 6) is 1.48. The van der Waals surface area contributed by atoms with Gasteiger partial charge in [0.25, 0.3) is 0 Å². The van der Waals surface area contributed by atoms with E-state index in [4.69, 9.17) is 9.47 Å². The predicted octanol–water partition coefficient (Wildman–Crippen LogP) is 4.35. The monoisotopic (exact) mass is 372 g/mol. The molecule has 0 aliphatic carbocycles. The largest absolute Gasteiger partial charge is 0.494 e. The molecular weight excluding hydrogens is 350 g/mol. The molecule has 0 fully saturated rings. The predicted molar refractivity (Wildman–Crippen MR) is 107 cm³/mol. The number of hydrogen-bond acceptors (Lipinski definition) is 3. The highest BCUT2D eigenvalue weighted by Gasteiger charge is 2.27. The lowest BCUT2D eigenvalue weighted by molar-refractivity contribution is -0.688. The lowest BCUT2D eigenvalue weighted by Crippen LogP contribution is -2.33. The Morgan fingerprint density at radius 2 is 1.89 bits per heavy atom. The number of allylic oxidation sites excluding steroid dienone is 1. The number of ether oxygens (including phenoxy) is 2. The standard InChI is InChI=1S/C24H22NO3/c1-3-27-20-7-8-21-22(15-20)28-23(24(21)26)14-18-9-11-25(12-10-18)16-19-6-4-5-17(2)13-19/h4-15H,3,16H2,1-2H3/q+1/b23-14-. The van der Waals surface area contributed by atoms with Crippen LogP contribution in [0.1, 0.15) is 34.0 Å². The summed E-state index contributed by atoms with van der Waals surface area (Å²) in [5.41, 5.74) is 4.00. The number of aromatic nitrogens is 1. The van der Waals surface area contributed by atoms with Crippen molar-refractivity contribution < 1.29 is 18.8 Å². The number of nitrogens with zero attached hydrogens (tertiary/aromatic N) is 1. The first-order valence-electron chi connectivity index (χ1n) is 9.38. The van der Waals surface area contributed by atoms with Gasteiger partial charge in [0.15, 0.2) is 24.7 Å². The van der Waals surface area contributed by atoms with Gasteiger partial charge in [0, 0.05) is 23.8 Å². The van der Waals surface area contributed by atoms with Crippen LogP contribution in [0.3, 0.4) is 0 Å². The number of carbonyl (C=O) groups is 1. The average Bonchev–Trinajstić information content (AvgIpc) is 2.99. The van der Waals surface area contributed by atoms with Gasteiger partial charge in [-0.15, -0.1) is 0 Å². The SMILES string of the molecule is CCOc1ccc2c(c1)O/C(=C\c1cc[n+](Cc3cccc(C)c3)cc1)C2=O. The average molecular weight is 372 g/mol. The van der Waals surface area contributed by atoms with Gasteiger partial charge in [-0.1, -0.05) is 23.8 Å². The van der Waals surface area contributed by atoms with E-state index in [0.29, 0.717) is 29.4 Å². The van der Waals surface area contributed by atoms with E-state index in [1.807, 2.05) is 31.5 Å². The van der Waals surface area contributed by atoms with Crippen LogP contribution in [0, 0.1) is 6.92 Å². The van der Waals surface area contributed by atoms with E-state index >= 15 is 0 Å². The Kier molecular flexibility index (Phi) is 4.94. The Morgan fingerprint density at radius 1 is 1.07 bits per heavy atom. The smallest absolute Gasteiger partial charge is 0.231 e. The summed E-state index contributed by atoms with van der Waals surface area (Å²) < 4.78 is 13.4. The summed E-state index contributed by atoms with van der Waals surface area (Å²) in [4.78, 5) is 12.6. The zero-order chi connectivity index (χ0) is 19.5. The zero-order valence-corrected chi connectivity index (χ0v) is 16.0. The molecule has 28 heavy (non-hydrogen) atoms. The second-order valence-corrected chi connectivity index (χ2v) is 6.82. The molecule has 2 heterocycles. The van der Waals surface area contributed by atoms with Gasteiger partial charge in [0.05, 0.1) is 12.2 Å². The van der Waals surface area contributed by atoms with E-state index in [9.17, 15) is 4.79 Å². The Labute approximate surface area is 164 Å². The zero-order valence-electron chi connectivity index (χ0n) is 16.0. The maximum absolute atomic E-state index is 12.6. The van der Waals surface area contributed by atoms with Gasteiger partial charge in [-0.2, -0.15) is 0 Å². The minimum atomic E-state index is -0.102. The summed E-state index contributed by atoms with van der Waals surface area (Å²) in [6.07, 6.45) is 5.79. The van der Waals surface area contributed by atoms with Crippen LogP contribution in [0.2, 0.25) is 0 Å². The number of aryl methyl sites for hydroxylation is 1. The van der Waals surface area contributed by atoms with E-state index in [1.54, 1.807) is 24.3 Å². The Morgan fingerprint density at radius 3 is 2.64 bits per heavy atom. The molecule has 0 radical (unpaired) electrons.